The lowest BCUT2D eigenvalue weighted by Gasteiger charge is -2.34. The zero-order valence-electron chi connectivity index (χ0n) is 9.96. The van der Waals surface area contributed by atoms with Crippen LogP contribution in [0.4, 0.5) is 0 Å². The van der Waals surface area contributed by atoms with Crippen molar-refractivity contribution >= 4 is 5.97 Å². The molecule has 0 spiro atoms. The van der Waals surface area contributed by atoms with Gasteiger partial charge in [0.1, 0.15) is 0 Å². The summed E-state index contributed by atoms with van der Waals surface area (Å²) >= 11 is 0. The second-order valence-electron chi connectivity index (χ2n) is 5.05. The fraction of sp³-hybridized carbons (Fsp3) is 0.667. The van der Waals surface area contributed by atoms with E-state index in [1.54, 1.807) is 10.9 Å². The highest BCUT2D eigenvalue weighted by molar-refractivity contribution is 5.70. The van der Waals surface area contributed by atoms with Crippen LogP contribution in [0, 0.1) is 12.8 Å². The van der Waals surface area contributed by atoms with E-state index in [0.29, 0.717) is 32.2 Å². The molecule has 0 radical (unpaired) electrons. The number of hydrogen-bond acceptors (Lipinski definition) is 3. The summed E-state index contributed by atoms with van der Waals surface area (Å²) in [4.78, 5) is 10.8. The highest BCUT2D eigenvalue weighted by atomic mass is 16.4. The Labute approximate surface area is 100 Å². The van der Waals surface area contributed by atoms with Crippen LogP contribution in [-0.4, -0.2) is 31.6 Å². The molecule has 0 aliphatic heterocycles. The van der Waals surface area contributed by atoms with Gasteiger partial charge in [0.15, 0.2) is 0 Å². The maximum Gasteiger partial charge on any atom is 0.306 e. The molecule has 0 unspecified atom stereocenters. The molecule has 1 heterocycles. The van der Waals surface area contributed by atoms with Crippen molar-refractivity contribution in [3.8, 4) is 0 Å². The number of nitrogens with zero attached hydrogens (tertiary/aromatic N) is 2. The molecule has 17 heavy (non-hydrogen) atoms. The van der Waals surface area contributed by atoms with Crippen LogP contribution in [0.25, 0.3) is 0 Å². The molecule has 1 aliphatic rings. The average molecular weight is 238 g/mol. The second-order valence-corrected chi connectivity index (χ2v) is 5.05. The molecule has 1 aliphatic carbocycles. The number of aliphatic hydroxyl groups is 1. The summed E-state index contributed by atoms with van der Waals surface area (Å²) in [6, 6.07) is 0. The van der Waals surface area contributed by atoms with Crippen molar-refractivity contribution in [2.24, 2.45) is 5.92 Å². The Morgan fingerprint density at radius 1 is 1.59 bits per heavy atom. The van der Waals surface area contributed by atoms with Gasteiger partial charge < -0.3 is 10.2 Å². The maximum atomic E-state index is 10.8. The average Bonchev–Trinajstić information content (AvgIpc) is 2.63. The lowest BCUT2D eigenvalue weighted by atomic mass is 9.79. The van der Waals surface area contributed by atoms with Gasteiger partial charge in [-0.3, -0.25) is 9.48 Å². The quantitative estimate of drug-likeness (QED) is 0.829. The monoisotopic (exact) mass is 238 g/mol. The minimum atomic E-state index is -0.801. The van der Waals surface area contributed by atoms with E-state index in [9.17, 15) is 9.90 Å². The van der Waals surface area contributed by atoms with Gasteiger partial charge in [-0.25, -0.2) is 0 Å². The molecular weight excluding hydrogens is 220 g/mol. The van der Waals surface area contributed by atoms with Gasteiger partial charge in [0.25, 0.3) is 0 Å². The lowest BCUT2D eigenvalue weighted by molar-refractivity contribution is -0.145. The van der Waals surface area contributed by atoms with Crippen LogP contribution in [-0.2, 0) is 11.3 Å². The summed E-state index contributed by atoms with van der Waals surface area (Å²) < 4.78 is 1.73. The van der Waals surface area contributed by atoms with Crippen molar-refractivity contribution in [3.05, 3.63) is 18.0 Å². The van der Waals surface area contributed by atoms with Gasteiger partial charge in [-0.2, -0.15) is 5.10 Å². The molecule has 0 bridgehead atoms. The minimum Gasteiger partial charge on any atom is -0.481 e. The smallest absolute Gasteiger partial charge is 0.306 e. The SMILES string of the molecule is Cc1cnn(CC2(O)CCC(C(=O)O)CC2)c1. The topological polar surface area (TPSA) is 75.3 Å². The molecular formula is C12H18N2O3. The van der Waals surface area contributed by atoms with Gasteiger partial charge in [-0.05, 0) is 38.2 Å². The molecule has 0 saturated heterocycles. The Kier molecular flexibility index (Phi) is 3.19. The first-order valence-electron chi connectivity index (χ1n) is 5.93. The van der Waals surface area contributed by atoms with E-state index in [1.807, 2.05) is 13.1 Å². The number of carboxylic acid groups (broad SMARTS) is 1. The van der Waals surface area contributed by atoms with Crippen LogP contribution in [0.5, 0.6) is 0 Å². The van der Waals surface area contributed by atoms with Crippen LogP contribution >= 0.6 is 0 Å². The van der Waals surface area contributed by atoms with E-state index in [1.165, 1.54) is 0 Å². The first-order chi connectivity index (χ1) is 7.98. The van der Waals surface area contributed by atoms with E-state index in [-0.39, 0.29) is 5.92 Å². The van der Waals surface area contributed by atoms with E-state index in [4.69, 9.17) is 5.11 Å². The van der Waals surface area contributed by atoms with Crippen LogP contribution in [0.15, 0.2) is 12.4 Å². The Balaban J connectivity index is 1.95. The van der Waals surface area contributed by atoms with Crippen molar-refractivity contribution in [1.29, 1.82) is 0 Å². The zero-order chi connectivity index (χ0) is 12.5. The first-order valence-corrected chi connectivity index (χ1v) is 5.93. The third-order valence-electron chi connectivity index (χ3n) is 3.48. The molecule has 2 N–H and O–H groups in total. The van der Waals surface area contributed by atoms with E-state index >= 15 is 0 Å². The molecule has 0 aromatic carbocycles. The van der Waals surface area contributed by atoms with Crippen LogP contribution in [0.3, 0.4) is 0 Å². The number of carboxylic acids is 1. The van der Waals surface area contributed by atoms with E-state index in [0.717, 1.165) is 5.56 Å². The van der Waals surface area contributed by atoms with Gasteiger partial charge in [-0.15, -0.1) is 0 Å². The summed E-state index contributed by atoms with van der Waals surface area (Å²) in [6.45, 7) is 2.40. The van der Waals surface area contributed by atoms with Gasteiger partial charge in [0, 0.05) is 6.20 Å². The molecule has 5 heteroatoms. The Morgan fingerprint density at radius 2 is 2.24 bits per heavy atom. The first kappa shape index (κ1) is 12.1. The second kappa shape index (κ2) is 4.49. The maximum absolute atomic E-state index is 10.8. The zero-order valence-corrected chi connectivity index (χ0v) is 9.96. The molecule has 1 aromatic rings. The molecule has 1 saturated carbocycles. The van der Waals surface area contributed by atoms with Crippen LogP contribution in [0.2, 0.25) is 0 Å². The van der Waals surface area contributed by atoms with Crippen molar-refractivity contribution in [1.82, 2.24) is 9.78 Å². The van der Waals surface area contributed by atoms with Crippen molar-refractivity contribution in [3.63, 3.8) is 0 Å². The van der Waals surface area contributed by atoms with Gasteiger partial charge in [-0.1, -0.05) is 0 Å². The minimum absolute atomic E-state index is 0.297. The van der Waals surface area contributed by atoms with E-state index < -0.39 is 11.6 Å². The number of aryl methyl sites for hydroxylation is 1. The highest BCUT2D eigenvalue weighted by Crippen LogP contribution is 2.33. The summed E-state index contributed by atoms with van der Waals surface area (Å²) in [5, 5.41) is 23.4. The Hall–Kier alpha value is -1.36. The fourth-order valence-corrected chi connectivity index (χ4v) is 2.42. The lowest BCUT2D eigenvalue weighted by Crippen LogP contribution is -2.39. The standard InChI is InChI=1S/C12H18N2O3/c1-9-6-13-14(7-9)8-12(17)4-2-10(3-5-12)11(15)16/h6-7,10,17H,2-5,8H2,1H3,(H,15,16). The molecule has 0 atom stereocenters. The number of carbonyl (C=O) groups is 1. The number of aromatic nitrogens is 2. The predicted molar refractivity (Wildman–Crippen MR) is 61.5 cm³/mol. The number of hydrogen-bond donors (Lipinski definition) is 2. The molecule has 0 amide bonds. The van der Waals surface area contributed by atoms with Crippen molar-refractivity contribution in [2.45, 2.75) is 44.8 Å². The molecule has 1 aromatic heterocycles. The molecule has 1 fully saturated rings. The normalized spacial score (nSPS) is 29.2. The summed E-state index contributed by atoms with van der Waals surface area (Å²) in [6.07, 6.45) is 5.80. The number of rotatable bonds is 3. The van der Waals surface area contributed by atoms with Crippen molar-refractivity contribution < 1.29 is 15.0 Å². The van der Waals surface area contributed by atoms with Gasteiger partial charge in [0.2, 0.25) is 0 Å². The summed E-state index contributed by atoms with van der Waals surface area (Å²) in [5.41, 5.74) is 0.262. The van der Waals surface area contributed by atoms with Gasteiger partial charge >= 0.3 is 5.97 Å². The van der Waals surface area contributed by atoms with Crippen LogP contribution in [0.1, 0.15) is 31.2 Å². The molecule has 94 valence electrons. The number of aliphatic carboxylic acids is 1. The highest BCUT2D eigenvalue weighted by Gasteiger charge is 2.36. The molecule has 2 rings (SSSR count). The Bertz CT molecular complexity index is 406. The van der Waals surface area contributed by atoms with Crippen molar-refractivity contribution in [2.75, 3.05) is 0 Å². The summed E-state index contributed by atoms with van der Waals surface area (Å²) in [7, 11) is 0. The largest absolute Gasteiger partial charge is 0.481 e. The van der Waals surface area contributed by atoms with E-state index in [2.05, 4.69) is 5.10 Å². The van der Waals surface area contributed by atoms with Gasteiger partial charge in [0.05, 0.1) is 24.3 Å². The molecule has 5 nitrogen and oxygen atoms in total. The third kappa shape index (κ3) is 2.85. The predicted octanol–water partition coefficient (Wildman–Crippen LogP) is 1.20. The Morgan fingerprint density at radius 3 is 2.71 bits per heavy atom. The third-order valence-corrected chi connectivity index (χ3v) is 3.48. The fourth-order valence-electron chi connectivity index (χ4n) is 2.42. The summed E-state index contributed by atoms with van der Waals surface area (Å²) in [5.74, 6) is -1.04. The van der Waals surface area contributed by atoms with Crippen LogP contribution < -0.4 is 0 Å².